The molecular weight excluding hydrogens is 260 g/mol. The smallest absolute Gasteiger partial charge is 0.131 e. The molecular formula is C15H19ClN2O. The van der Waals surface area contributed by atoms with E-state index in [-0.39, 0.29) is 5.84 Å². The summed E-state index contributed by atoms with van der Waals surface area (Å²) < 4.78 is 5.91. The van der Waals surface area contributed by atoms with Crippen LogP contribution in [-0.4, -0.2) is 12.4 Å². The SMILES string of the molecule is N=C(N)c1c(Cl)cccc1OCC1CC2CCC1C2. The Balaban J connectivity index is 1.70. The van der Waals surface area contributed by atoms with Crippen molar-refractivity contribution >= 4 is 17.4 Å². The van der Waals surface area contributed by atoms with Crippen LogP contribution in [0.2, 0.25) is 5.02 Å². The number of benzene rings is 1. The Bertz CT molecular complexity index is 503. The van der Waals surface area contributed by atoms with Crippen LogP contribution in [0.5, 0.6) is 5.75 Å². The third-order valence-corrected chi connectivity index (χ3v) is 4.90. The molecule has 0 spiro atoms. The van der Waals surface area contributed by atoms with E-state index in [1.54, 1.807) is 6.07 Å². The summed E-state index contributed by atoms with van der Waals surface area (Å²) in [7, 11) is 0. The monoisotopic (exact) mass is 278 g/mol. The Morgan fingerprint density at radius 1 is 1.37 bits per heavy atom. The molecule has 0 heterocycles. The molecule has 4 heteroatoms. The summed E-state index contributed by atoms with van der Waals surface area (Å²) in [5.74, 6) is 3.03. The number of ether oxygens (including phenoxy) is 1. The maximum Gasteiger partial charge on any atom is 0.131 e. The van der Waals surface area contributed by atoms with Crippen molar-refractivity contribution in [2.24, 2.45) is 23.5 Å². The van der Waals surface area contributed by atoms with E-state index in [1.807, 2.05) is 12.1 Å². The Labute approximate surface area is 118 Å². The molecule has 2 aliphatic rings. The number of nitrogens with one attached hydrogen (secondary N) is 1. The first-order valence-electron chi connectivity index (χ1n) is 6.91. The lowest BCUT2D eigenvalue weighted by atomic mass is 9.89. The zero-order valence-electron chi connectivity index (χ0n) is 10.9. The fraction of sp³-hybridized carbons (Fsp3) is 0.533. The Hall–Kier alpha value is -1.22. The van der Waals surface area contributed by atoms with Crippen LogP contribution in [0.25, 0.3) is 0 Å². The second-order valence-electron chi connectivity index (χ2n) is 5.77. The molecule has 1 aromatic carbocycles. The predicted molar refractivity (Wildman–Crippen MR) is 76.9 cm³/mol. The van der Waals surface area contributed by atoms with Crippen molar-refractivity contribution in [2.45, 2.75) is 25.7 Å². The molecule has 1 aromatic rings. The minimum Gasteiger partial charge on any atom is -0.492 e. The number of fused-ring (bicyclic) bond motifs is 2. The van der Waals surface area contributed by atoms with Gasteiger partial charge in [0.05, 0.1) is 17.2 Å². The van der Waals surface area contributed by atoms with Crippen molar-refractivity contribution in [1.82, 2.24) is 0 Å². The first-order chi connectivity index (χ1) is 9.15. The van der Waals surface area contributed by atoms with Crippen LogP contribution in [0.15, 0.2) is 18.2 Å². The standard InChI is InChI=1S/C15H19ClN2O/c16-12-2-1-3-13(14(12)15(17)18)19-8-11-7-9-4-5-10(11)6-9/h1-3,9-11H,4-8H2,(H3,17,18). The van der Waals surface area contributed by atoms with Crippen LogP contribution in [0, 0.1) is 23.2 Å². The van der Waals surface area contributed by atoms with Crippen LogP contribution in [0.1, 0.15) is 31.2 Å². The molecule has 19 heavy (non-hydrogen) atoms. The van der Waals surface area contributed by atoms with E-state index in [4.69, 9.17) is 27.5 Å². The molecule has 3 rings (SSSR count). The van der Waals surface area contributed by atoms with Crippen LogP contribution < -0.4 is 10.5 Å². The van der Waals surface area contributed by atoms with Crippen molar-refractivity contribution in [2.75, 3.05) is 6.61 Å². The number of amidine groups is 1. The summed E-state index contributed by atoms with van der Waals surface area (Å²) in [5, 5.41) is 8.09. The maximum absolute atomic E-state index is 7.60. The fourth-order valence-corrected chi connectivity index (χ4v) is 3.93. The molecule has 0 amide bonds. The molecule has 0 aliphatic heterocycles. The van der Waals surface area contributed by atoms with Gasteiger partial charge < -0.3 is 10.5 Å². The van der Waals surface area contributed by atoms with Crippen LogP contribution in [-0.2, 0) is 0 Å². The van der Waals surface area contributed by atoms with Crippen LogP contribution in [0.3, 0.4) is 0 Å². The van der Waals surface area contributed by atoms with Crippen molar-refractivity contribution in [1.29, 1.82) is 5.41 Å². The Morgan fingerprint density at radius 3 is 2.84 bits per heavy atom. The van der Waals surface area contributed by atoms with E-state index >= 15 is 0 Å². The highest BCUT2D eigenvalue weighted by Crippen LogP contribution is 2.48. The Kier molecular flexibility index (Phi) is 3.40. The summed E-state index contributed by atoms with van der Waals surface area (Å²) in [6, 6.07) is 5.42. The molecule has 0 radical (unpaired) electrons. The van der Waals surface area contributed by atoms with Gasteiger partial charge in [0.2, 0.25) is 0 Å². The van der Waals surface area contributed by atoms with Crippen molar-refractivity contribution in [3.63, 3.8) is 0 Å². The topological polar surface area (TPSA) is 59.1 Å². The lowest BCUT2D eigenvalue weighted by molar-refractivity contribution is 0.195. The van der Waals surface area contributed by atoms with E-state index in [0.717, 1.165) is 18.4 Å². The lowest BCUT2D eigenvalue weighted by Gasteiger charge is -2.22. The van der Waals surface area contributed by atoms with Gasteiger partial charge in [-0.25, -0.2) is 0 Å². The van der Waals surface area contributed by atoms with Gasteiger partial charge in [-0.2, -0.15) is 0 Å². The largest absolute Gasteiger partial charge is 0.492 e. The van der Waals surface area contributed by atoms with E-state index in [2.05, 4.69) is 0 Å². The van der Waals surface area contributed by atoms with Gasteiger partial charge in [-0.15, -0.1) is 0 Å². The highest BCUT2D eigenvalue weighted by molar-refractivity contribution is 6.34. The predicted octanol–water partition coefficient (Wildman–Crippen LogP) is 3.44. The molecule has 2 fully saturated rings. The normalized spacial score (nSPS) is 28.6. The summed E-state index contributed by atoms with van der Waals surface area (Å²) in [6.07, 6.45) is 5.43. The van der Waals surface area contributed by atoms with Crippen molar-refractivity contribution < 1.29 is 4.74 Å². The molecule has 2 saturated carbocycles. The number of nitrogens with two attached hydrogens (primary N) is 1. The van der Waals surface area contributed by atoms with Crippen molar-refractivity contribution in [3.8, 4) is 5.75 Å². The fourth-order valence-electron chi connectivity index (χ4n) is 3.66. The lowest BCUT2D eigenvalue weighted by Crippen LogP contribution is -2.20. The van der Waals surface area contributed by atoms with Gasteiger partial charge in [-0.05, 0) is 49.1 Å². The van der Waals surface area contributed by atoms with Crippen LogP contribution >= 0.6 is 11.6 Å². The number of hydrogen-bond donors (Lipinski definition) is 2. The van der Waals surface area contributed by atoms with E-state index in [1.165, 1.54) is 25.7 Å². The average Bonchev–Trinajstić information content (AvgIpc) is 2.97. The van der Waals surface area contributed by atoms with Crippen LogP contribution in [0.4, 0.5) is 0 Å². The third-order valence-electron chi connectivity index (χ3n) is 4.58. The van der Waals surface area contributed by atoms with Gasteiger partial charge >= 0.3 is 0 Å². The zero-order chi connectivity index (χ0) is 13.4. The minimum absolute atomic E-state index is 0.0338. The quantitative estimate of drug-likeness (QED) is 0.655. The molecule has 0 saturated heterocycles. The second-order valence-corrected chi connectivity index (χ2v) is 6.18. The zero-order valence-corrected chi connectivity index (χ0v) is 11.6. The highest BCUT2D eigenvalue weighted by atomic mass is 35.5. The van der Waals surface area contributed by atoms with E-state index in [0.29, 0.717) is 22.3 Å². The number of nitrogen functional groups attached to an aromatic ring is 1. The Morgan fingerprint density at radius 2 is 2.21 bits per heavy atom. The summed E-state index contributed by atoms with van der Waals surface area (Å²) >= 11 is 6.08. The van der Waals surface area contributed by atoms with E-state index < -0.39 is 0 Å². The third kappa shape index (κ3) is 2.44. The molecule has 2 aliphatic carbocycles. The van der Waals surface area contributed by atoms with Gasteiger partial charge in [0.15, 0.2) is 0 Å². The van der Waals surface area contributed by atoms with Gasteiger partial charge in [-0.3, -0.25) is 5.41 Å². The first-order valence-corrected chi connectivity index (χ1v) is 7.28. The molecule has 3 N–H and O–H groups in total. The minimum atomic E-state index is -0.0338. The summed E-state index contributed by atoms with van der Waals surface area (Å²) in [5.41, 5.74) is 6.10. The average molecular weight is 279 g/mol. The molecule has 3 nitrogen and oxygen atoms in total. The molecule has 2 bridgehead atoms. The van der Waals surface area contributed by atoms with Gasteiger partial charge in [0, 0.05) is 0 Å². The van der Waals surface area contributed by atoms with Gasteiger partial charge in [0.25, 0.3) is 0 Å². The molecule has 3 atom stereocenters. The molecule has 102 valence electrons. The second kappa shape index (κ2) is 5.04. The van der Waals surface area contributed by atoms with E-state index in [9.17, 15) is 0 Å². The molecule has 3 unspecified atom stereocenters. The van der Waals surface area contributed by atoms with Gasteiger partial charge in [-0.1, -0.05) is 24.1 Å². The van der Waals surface area contributed by atoms with Crippen molar-refractivity contribution in [3.05, 3.63) is 28.8 Å². The maximum atomic E-state index is 7.60. The first kappa shape index (κ1) is 12.8. The number of hydrogen-bond acceptors (Lipinski definition) is 2. The molecule has 0 aromatic heterocycles. The number of rotatable bonds is 4. The van der Waals surface area contributed by atoms with Gasteiger partial charge in [0.1, 0.15) is 11.6 Å². The highest BCUT2D eigenvalue weighted by Gasteiger charge is 2.39. The number of halogens is 1. The summed E-state index contributed by atoms with van der Waals surface area (Å²) in [6.45, 7) is 0.724. The summed E-state index contributed by atoms with van der Waals surface area (Å²) in [4.78, 5) is 0.